The summed E-state index contributed by atoms with van der Waals surface area (Å²) in [7, 11) is 0. The van der Waals surface area contributed by atoms with Gasteiger partial charge in [-0.15, -0.1) is 0 Å². The second-order valence-corrected chi connectivity index (χ2v) is 7.94. The molecule has 1 aromatic carbocycles. The van der Waals surface area contributed by atoms with E-state index in [-0.39, 0.29) is 23.5 Å². The number of nitrogens with zero attached hydrogens (tertiary/aromatic N) is 3. The maximum Gasteiger partial charge on any atom is 0.287 e. The van der Waals surface area contributed by atoms with Gasteiger partial charge in [0.2, 0.25) is 5.91 Å². The lowest BCUT2D eigenvalue weighted by Crippen LogP contribution is -2.52. The fraction of sp³-hybridized carbons (Fsp3) is 0.435. The zero-order valence-corrected chi connectivity index (χ0v) is 17.5. The van der Waals surface area contributed by atoms with E-state index in [4.69, 9.17) is 9.68 Å². The third-order valence-electron chi connectivity index (χ3n) is 5.35. The topological polar surface area (TPSA) is 89.6 Å². The number of rotatable bonds is 6. The number of nitriles is 1. The maximum atomic E-state index is 13.2. The van der Waals surface area contributed by atoms with Crippen LogP contribution >= 0.6 is 0 Å². The Kier molecular flexibility index (Phi) is 7.26. The molecule has 1 aliphatic rings. The normalized spacial score (nSPS) is 16.0. The highest BCUT2D eigenvalue weighted by Crippen LogP contribution is 2.14. The summed E-state index contributed by atoms with van der Waals surface area (Å²) in [5.74, 6) is -0.248. The van der Waals surface area contributed by atoms with Crippen LogP contribution in [0.3, 0.4) is 0 Å². The third-order valence-corrected chi connectivity index (χ3v) is 5.35. The summed E-state index contributed by atoms with van der Waals surface area (Å²) in [5.41, 5.74) is 1.81. The second-order valence-electron chi connectivity index (χ2n) is 7.94. The zero-order valence-electron chi connectivity index (χ0n) is 17.5. The average Bonchev–Trinajstić information content (AvgIpc) is 3.19. The SMILES string of the molecule is CC(C)C(NC(=O)c1ccco1)C(=O)N1CCCN(Cc2ccc(C#N)cc2)CC1. The summed E-state index contributed by atoms with van der Waals surface area (Å²) in [6, 6.07) is 12.4. The summed E-state index contributed by atoms with van der Waals surface area (Å²) >= 11 is 0. The molecule has 1 unspecified atom stereocenters. The highest BCUT2D eigenvalue weighted by molar-refractivity contribution is 5.95. The minimum atomic E-state index is -0.590. The number of benzene rings is 1. The Labute approximate surface area is 177 Å². The molecule has 0 radical (unpaired) electrons. The first-order chi connectivity index (χ1) is 14.5. The van der Waals surface area contributed by atoms with Crippen LogP contribution in [-0.4, -0.2) is 53.8 Å². The van der Waals surface area contributed by atoms with Crippen LogP contribution in [0, 0.1) is 17.2 Å². The maximum absolute atomic E-state index is 13.2. The summed E-state index contributed by atoms with van der Waals surface area (Å²) in [4.78, 5) is 29.7. The molecule has 1 N–H and O–H groups in total. The molecule has 0 bridgehead atoms. The molecule has 2 amide bonds. The van der Waals surface area contributed by atoms with Crippen molar-refractivity contribution in [1.82, 2.24) is 15.1 Å². The quantitative estimate of drug-likeness (QED) is 0.794. The van der Waals surface area contributed by atoms with Crippen LogP contribution in [-0.2, 0) is 11.3 Å². The summed E-state index contributed by atoms with van der Waals surface area (Å²) in [5, 5.41) is 11.8. The van der Waals surface area contributed by atoms with Crippen LogP contribution in [0.25, 0.3) is 0 Å². The van der Waals surface area contributed by atoms with Crippen LogP contribution < -0.4 is 5.32 Å². The molecule has 1 aliphatic heterocycles. The fourth-order valence-corrected chi connectivity index (χ4v) is 3.62. The van der Waals surface area contributed by atoms with Gasteiger partial charge in [0.15, 0.2) is 5.76 Å². The lowest BCUT2D eigenvalue weighted by molar-refractivity contribution is -0.134. The van der Waals surface area contributed by atoms with E-state index in [0.29, 0.717) is 18.7 Å². The van der Waals surface area contributed by atoms with Gasteiger partial charge in [-0.25, -0.2) is 0 Å². The summed E-state index contributed by atoms with van der Waals surface area (Å²) in [6.45, 7) is 7.60. The molecule has 2 heterocycles. The predicted molar refractivity (Wildman–Crippen MR) is 112 cm³/mol. The van der Waals surface area contributed by atoms with Crippen molar-refractivity contribution >= 4 is 11.8 Å². The number of hydrogen-bond acceptors (Lipinski definition) is 5. The molecule has 1 saturated heterocycles. The van der Waals surface area contributed by atoms with E-state index in [1.807, 2.05) is 43.0 Å². The molecular formula is C23H28N4O3. The fourth-order valence-electron chi connectivity index (χ4n) is 3.62. The van der Waals surface area contributed by atoms with Crippen LogP contribution in [0.4, 0.5) is 0 Å². The van der Waals surface area contributed by atoms with E-state index in [0.717, 1.165) is 31.6 Å². The van der Waals surface area contributed by atoms with Gasteiger partial charge < -0.3 is 14.6 Å². The van der Waals surface area contributed by atoms with Gasteiger partial charge in [-0.3, -0.25) is 14.5 Å². The molecule has 1 aromatic heterocycles. The molecule has 0 spiro atoms. The van der Waals surface area contributed by atoms with Crippen LogP contribution in [0.1, 0.15) is 41.9 Å². The largest absolute Gasteiger partial charge is 0.459 e. The van der Waals surface area contributed by atoms with Crippen molar-refractivity contribution in [2.75, 3.05) is 26.2 Å². The van der Waals surface area contributed by atoms with Gasteiger partial charge in [-0.05, 0) is 42.2 Å². The number of nitrogens with one attached hydrogen (secondary N) is 1. The smallest absolute Gasteiger partial charge is 0.287 e. The first-order valence-electron chi connectivity index (χ1n) is 10.3. The summed E-state index contributed by atoms with van der Waals surface area (Å²) in [6.07, 6.45) is 2.32. The van der Waals surface area contributed by atoms with Crippen LogP contribution in [0.2, 0.25) is 0 Å². The van der Waals surface area contributed by atoms with E-state index in [9.17, 15) is 9.59 Å². The van der Waals surface area contributed by atoms with Crippen molar-refractivity contribution < 1.29 is 14.0 Å². The van der Waals surface area contributed by atoms with Gasteiger partial charge in [-0.1, -0.05) is 26.0 Å². The third kappa shape index (κ3) is 5.49. The van der Waals surface area contributed by atoms with Gasteiger partial charge in [0.05, 0.1) is 17.9 Å². The Morgan fingerprint density at radius 1 is 1.13 bits per heavy atom. The van der Waals surface area contributed by atoms with E-state index in [1.165, 1.54) is 6.26 Å². The first-order valence-corrected chi connectivity index (χ1v) is 10.3. The molecule has 0 saturated carbocycles. The molecule has 0 aliphatic carbocycles. The van der Waals surface area contributed by atoms with Gasteiger partial charge in [-0.2, -0.15) is 5.26 Å². The number of amides is 2. The molecule has 7 heteroatoms. The Morgan fingerprint density at radius 2 is 1.90 bits per heavy atom. The lowest BCUT2D eigenvalue weighted by Gasteiger charge is -2.29. The van der Waals surface area contributed by atoms with Gasteiger partial charge in [0.1, 0.15) is 6.04 Å². The number of carbonyl (C=O) groups is 2. The van der Waals surface area contributed by atoms with E-state index in [1.54, 1.807) is 12.1 Å². The van der Waals surface area contributed by atoms with Gasteiger partial charge in [0.25, 0.3) is 5.91 Å². The highest BCUT2D eigenvalue weighted by Gasteiger charge is 2.30. The van der Waals surface area contributed by atoms with Crippen molar-refractivity contribution in [3.05, 3.63) is 59.5 Å². The lowest BCUT2D eigenvalue weighted by atomic mass is 10.0. The number of carbonyl (C=O) groups excluding carboxylic acids is 2. The monoisotopic (exact) mass is 408 g/mol. The van der Waals surface area contributed by atoms with Crippen molar-refractivity contribution in [1.29, 1.82) is 5.26 Å². The van der Waals surface area contributed by atoms with Crippen molar-refractivity contribution in [3.8, 4) is 6.07 Å². The minimum absolute atomic E-state index is 0.0329. The van der Waals surface area contributed by atoms with Crippen molar-refractivity contribution in [2.45, 2.75) is 32.9 Å². The van der Waals surface area contributed by atoms with E-state index in [2.05, 4.69) is 16.3 Å². The Morgan fingerprint density at radius 3 is 2.53 bits per heavy atom. The average molecular weight is 409 g/mol. The molecular weight excluding hydrogens is 380 g/mol. The number of hydrogen-bond donors (Lipinski definition) is 1. The van der Waals surface area contributed by atoms with Crippen LogP contribution in [0.15, 0.2) is 47.1 Å². The van der Waals surface area contributed by atoms with Gasteiger partial charge >= 0.3 is 0 Å². The standard InChI is InChI=1S/C23H28N4O3/c1-17(2)21(25-22(28)20-5-3-14-30-20)23(29)27-11-4-10-26(12-13-27)16-19-8-6-18(15-24)7-9-19/h3,5-9,14,17,21H,4,10-13,16H2,1-2H3,(H,25,28). The van der Waals surface area contributed by atoms with E-state index >= 15 is 0 Å². The minimum Gasteiger partial charge on any atom is -0.459 e. The Hall–Kier alpha value is -3.11. The molecule has 7 nitrogen and oxygen atoms in total. The Balaban J connectivity index is 1.58. The molecule has 2 aromatic rings. The molecule has 3 rings (SSSR count). The Bertz CT molecular complexity index is 884. The highest BCUT2D eigenvalue weighted by atomic mass is 16.3. The van der Waals surface area contributed by atoms with Gasteiger partial charge in [0, 0.05) is 32.7 Å². The van der Waals surface area contributed by atoms with Crippen molar-refractivity contribution in [2.24, 2.45) is 5.92 Å². The molecule has 158 valence electrons. The number of furan rings is 1. The summed E-state index contributed by atoms with van der Waals surface area (Å²) < 4.78 is 5.14. The molecule has 1 atom stereocenters. The second kappa shape index (κ2) is 10.1. The zero-order chi connectivity index (χ0) is 21.5. The van der Waals surface area contributed by atoms with E-state index < -0.39 is 6.04 Å². The van der Waals surface area contributed by atoms with Crippen molar-refractivity contribution in [3.63, 3.8) is 0 Å². The molecule has 1 fully saturated rings. The molecule has 30 heavy (non-hydrogen) atoms. The predicted octanol–water partition coefficient (Wildman–Crippen LogP) is 2.64. The van der Waals surface area contributed by atoms with Crippen LogP contribution in [0.5, 0.6) is 0 Å². The first kappa shape index (κ1) is 21.6.